The molecule has 0 radical (unpaired) electrons. The van der Waals surface area contributed by atoms with Gasteiger partial charge >= 0.3 is 0 Å². The minimum absolute atomic E-state index is 0.0836. The number of hydrogen-bond donors (Lipinski definition) is 1. The summed E-state index contributed by atoms with van der Waals surface area (Å²) in [7, 11) is 1.55. The minimum atomic E-state index is -0.248. The number of thiophene rings is 1. The molecule has 19 heavy (non-hydrogen) atoms. The molecule has 1 amide bonds. The van der Waals surface area contributed by atoms with Gasteiger partial charge in [-0.05, 0) is 19.1 Å². The minimum Gasteiger partial charge on any atom is -0.496 e. The van der Waals surface area contributed by atoms with Crippen molar-refractivity contribution >= 4 is 28.7 Å². The van der Waals surface area contributed by atoms with E-state index in [-0.39, 0.29) is 11.7 Å². The van der Waals surface area contributed by atoms with Gasteiger partial charge in [-0.3, -0.25) is 9.59 Å². The Labute approximate surface area is 115 Å². The molecular formula is C14H13NO3S. The van der Waals surface area contributed by atoms with Gasteiger partial charge in [-0.1, -0.05) is 12.1 Å². The van der Waals surface area contributed by atoms with Crippen molar-refractivity contribution in [1.29, 1.82) is 0 Å². The van der Waals surface area contributed by atoms with Gasteiger partial charge in [0.2, 0.25) is 0 Å². The molecule has 5 heteroatoms. The summed E-state index contributed by atoms with van der Waals surface area (Å²) in [6.45, 7) is 1.47. The second kappa shape index (κ2) is 5.67. The number of carbonyl (C=O) groups excluding carboxylic acids is 2. The van der Waals surface area contributed by atoms with Crippen LogP contribution < -0.4 is 10.1 Å². The highest BCUT2D eigenvalue weighted by Gasteiger charge is 2.13. The Morgan fingerprint density at radius 2 is 2.00 bits per heavy atom. The lowest BCUT2D eigenvalue weighted by Gasteiger charge is -2.07. The standard InChI is InChI=1S/C14H13NO3S/c1-9(16)11-5-3-4-6-12(11)15-14(17)13-7-10(18-2)8-19-13/h3-8H,1-2H3,(H,15,17). The molecule has 0 aliphatic heterocycles. The van der Waals surface area contributed by atoms with Crippen molar-refractivity contribution < 1.29 is 14.3 Å². The van der Waals surface area contributed by atoms with Gasteiger partial charge in [-0.2, -0.15) is 0 Å². The lowest BCUT2D eigenvalue weighted by molar-refractivity contribution is 0.101. The molecule has 2 rings (SSSR count). The predicted molar refractivity (Wildman–Crippen MR) is 75.3 cm³/mol. The number of ether oxygens (including phenoxy) is 1. The third-order valence-corrected chi connectivity index (χ3v) is 3.50. The van der Waals surface area contributed by atoms with E-state index in [1.54, 1.807) is 42.8 Å². The predicted octanol–water partition coefficient (Wildman–Crippen LogP) is 3.21. The second-order valence-corrected chi connectivity index (χ2v) is 4.82. The van der Waals surface area contributed by atoms with Crippen molar-refractivity contribution in [1.82, 2.24) is 0 Å². The SMILES string of the molecule is COc1csc(C(=O)Nc2ccccc2C(C)=O)c1. The van der Waals surface area contributed by atoms with Gasteiger partial charge < -0.3 is 10.1 Å². The zero-order chi connectivity index (χ0) is 13.8. The zero-order valence-corrected chi connectivity index (χ0v) is 11.4. The highest BCUT2D eigenvalue weighted by atomic mass is 32.1. The maximum atomic E-state index is 12.1. The Morgan fingerprint density at radius 1 is 1.26 bits per heavy atom. The van der Waals surface area contributed by atoms with Crippen molar-refractivity contribution in [2.45, 2.75) is 6.92 Å². The van der Waals surface area contributed by atoms with Crippen molar-refractivity contribution in [2.75, 3.05) is 12.4 Å². The van der Waals surface area contributed by atoms with Gasteiger partial charge in [0.25, 0.3) is 5.91 Å². The van der Waals surface area contributed by atoms with E-state index in [2.05, 4.69) is 5.32 Å². The van der Waals surface area contributed by atoms with Crippen LogP contribution in [0.25, 0.3) is 0 Å². The van der Waals surface area contributed by atoms with E-state index in [9.17, 15) is 9.59 Å². The first-order valence-corrected chi connectivity index (χ1v) is 6.53. The number of anilines is 1. The third kappa shape index (κ3) is 3.00. The van der Waals surface area contributed by atoms with Crippen LogP contribution in [0, 0.1) is 0 Å². The Kier molecular flexibility index (Phi) is 3.97. The average molecular weight is 275 g/mol. The zero-order valence-electron chi connectivity index (χ0n) is 10.6. The molecule has 98 valence electrons. The van der Waals surface area contributed by atoms with Crippen LogP contribution in [0.5, 0.6) is 5.75 Å². The number of rotatable bonds is 4. The molecule has 1 aromatic carbocycles. The number of benzene rings is 1. The van der Waals surface area contributed by atoms with Gasteiger partial charge in [-0.15, -0.1) is 11.3 Å². The van der Waals surface area contributed by atoms with Crippen molar-refractivity contribution in [3.63, 3.8) is 0 Å². The highest BCUT2D eigenvalue weighted by Crippen LogP contribution is 2.23. The molecule has 0 aliphatic carbocycles. The molecule has 0 aliphatic rings. The molecule has 0 saturated carbocycles. The van der Waals surface area contributed by atoms with Crippen LogP contribution in [0.15, 0.2) is 35.7 Å². The van der Waals surface area contributed by atoms with E-state index >= 15 is 0 Å². The molecule has 1 N–H and O–H groups in total. The summed E-state index contributed by atoms with van der Waals surface area (Å²) >= 11 is 1.29. The summed E-state index contributed by atoms with van der Waals surface area (Å²) in [5.41, 5.74) is 1.02. The van der Waals surface area contributed by atoms with Crippen LogP contribution in [0.3, 0.4) is 0 Å². The quantitative estimate of drug-likeness (QED) is 0.872. The summed E-state index contributed by atoms with van der Waals surface area (Å²) in [6, 6.07) is 8.60. The molecule has 2 aromatic rings. The number of hydrogen-bond acceptors (Lipinski definition) is 4. The number of methoxy groups -OCH3 is 1. The number of carbonyl (C=O) groups is 2. The van der Waals surface area contributed by atoms with Gasteiger partial charge in [0.05, 0.1) is 17.7 Å². The topological polar surface area (TPSA) is 55.4 Å². The van der Waals surface area contributed by atoms with E-state index in [1.165, 1.54) is 18.3 Å². The lowest BCUT2D eigenvalue weighted by Crippen LogP contribution is -2.12. The van der Waals surface area contributed by atoms with E-state index in [0.717, 1.165) is 0 Å². The van der Waals surface area contributed by atoms with Crippen LogP contribution in [0.4, 0.5) is 5.69 Å². The maximum absolute atomic E-state index is 12.1. The number of ketones is 1. The van der Waals surface area contributed by atoms with Crippen molar-refractivity contribution in [3.8, 4) is 5.75 Å². The molecule has 0 saturated heterocycles. The fraction of sp³-hybridized carbons (Fsp3) is 0.143. The number of para-hydroxylation sites is 1. The van der Waals surface area contributed by atoms with Crippen LogP contribution in [0.1, 0.15) is 27.0 Å². The fourth-order valence-corrected chi connectivity index (χ4v) is 2.38. The van der Waals surface area contributed by atoms with E-state index in [1.807, 2.05) is 0 Å². The normalized spacial score (nSPS) is 10.0. The molecule has 0 fully saturated rings. The monoisotopic (exact) mass is 275 g/mol. The van der Waals surface area contributed by atoms with Crippen LogP contribution in [-0.2, 0) is 0 Å². The van der Waals surface area contributed by atoms with Crippen molar-refractivity contribution in [2.24, 2.45) is 0 Å². The molecule has 4 nitrogen and oxygen atoms in total. The summed E-state index contributed by atoms with van der Waals surface area (Å²) in [4.78, 5) is 24.1. The van der Waals surface area contributed by atoms with Gasteiger partial charge in [0.1, 0.15) is 5.75 Å². The third-order valence-electron chi connectivity index (χ3n) is 2.59. The Balaban J connectivity index is 2.21. The average Bonchev–Trinajstić information content (AvgIpc) is 2.88. The fourth-order valence-electron chi connectivity index (χ4n) is 1.63. The molecule has 0 spiro atoms. The smallest absolute Gasteiger partial charge is 0.265 e. The van der Waals surface area contributed by atoms with Gasteiger partial charge in [0, 0.05) is 17.0 Å². The first kappa shape index (κ1) is 13.3. The first-order valence-electron chi connectivity index (χ1n) is 5.65. The van der Waals surface area contributed by atoms with Crippen LogP contribution >= 0.6 is 11.3 Å². The molecule has 1 heterocycles. The summed E-state index contributed by atoms with van der Waals surface area (Å²) in [5, 5.41) is 4.50. The Morgan fingerprint density at radius 3 is 2.63 bits per heavy atom. The first-order chi connectivity index (χ1) is 9.11. The molecule has 0 atom stereocenters. The van der Waals surface area contributed by atoms with Crippen LogP contribution in [0.2, 0.25) is 0 Å². The summed E-state index contributed by atoms with van der Waals surface area (Å²) in [5.74, 6) is 0.316. The van der Waals surface area contributed by atoms with E-state index in [4.69, 9.17) is 4.74 Å². The highest BCUT2D eigenvalue weighted by molar-refractivity contribution is 7.12. The molecule has 0 bridgehead atoms. The summed E-state index contributed by atoms with van der Waals surface area (Å²) < 4.78 is 5.03. The lowest BCUT2D eigenvalue weighted by atomic mass is 10.1. The second-order valence-electron chi connectivity index (χ2n) is 3.91. The van der Waals surface area contributed by atoms with Gasteiger partial charge in [-0.25, -0.2) is 0 Å². The Hall–Kier alpha value is -2.14. The van der Waals surface area contributed by atoms with Gasteiger partial charge in [0.15, 0.2) is 5.78 Å². The van der Waals surface area contributed by atoms with E-state index < -0.39 is 0 Å². The Bertz CT molecular complexity index is 619. The largest absolute Gasteiger partial charge is 0.496 e. The molecule has 1 aromatic heterocycles. The number of nitrogens with one attached hydrogen (secondary N) is 1. The number of Topliss-reactive ketones (excluding diaryl/α,β-unsaturated/α-hetero) is 1. The molecular weight excluding hydrogens is 262 g/mol. The maximum Gasteiger partial charge on any atom is 0.265 e. The summed E-state index contributed by atoms with van der Waals surface area (Å²) in [6.07, 6.45) is 0. The molecule has 0 unspecified atom stereocenters. The van der Waals surface area contributed by atoms with E-state index in [0.29, 0.717) is 21.9 Å². The van der Waals surface area contributed by atoms with Crippen LogP contribution in [-0.4, -0.2) is 18.8 Å². The van der Waals surface area contributed by atoms with Crippen molar-refractivity contribution in [3.05, 3.63) is 46.2 Å². The number of amides is 1.